The smallest absolute Gasteiger partial charge is 0.244 e. The fraction of sp³-hybridized carbons (Fsp3) is 0.100. The van der Waals surface area contributed by atoms with Gasteiger partial charge in [-0.3, -0.25) is 9.59 Å². The van der Waals surface area contributed by atoms with E-state index in [4.69, 9.17) is 4.42 Å². The van der Waals surface area contributed by atoms with E-state index in [1.807, 2.05) is 12.1 Å². The van der Waals surface area contributed by atoms with Crippen molar-refractivity contribution >= 4 is 29.2 Å². The summed E-state index contributed by atoms with van der Waals surface area (Å²) in [6.07, 6.45) is 4.58. The van der Waals surface area contributed by atoms with Crippen LogP contribution in [0, 0.1) is 5.82 Å². The second-order valence-electron chi connectivity index (χ2n) is 5.62. The summed E-state index contributed by atoms with van der Waals surface area (Å²) in [5, 5.41) is 5.17. The van der Waals surface area contributed by atoms with E-state index in [-0.39, 0.29) is 30.7 Å². The highest BCUT2D eigenvalue weighted by Gasteiger charge is 2.05. The highest BCUT2D eigenvalue weighted by atomic mass is 32.1. The number of benzene rings is 1. The van der Waals surface area contributed by atoms with Crippen LogP contribution in [0.2, 0.25) is 0 Å². The number of furan rings is 1. The molecule has 2 N–H and O–H groups in total. The summed E-state index contributed by atoms with van der Waals surface area (Å²) in [5.41, 5.74) is 0.915. The van der Waals surface area contributed by atoms with Gasteiger partial charge < -0.3 is 15.1 Å². The Bertz CT molecular complexity index is 931. The first-order valence-corrected chi connectivity index (χ1v) is 9.02. The Kier molecular flexibility index (Phi) is 6.17. The van der Waals surface area contributed by atoms with Gasteiger partial charge in [-0.05, 0) is 48.0 Å². The molecule has 0 aliphatic rings. The number of halogens is 1. The van der Waals surface area contributed by atoms with Crippen LogP contribution in [0.1, 0.15) is 10.6 Å². The number of carbonyl (C=O) groups excluding carboxylic acids is 2. The van der Waals surface area contributed by atoms with Crippen LogP contribution in [0.25, 0.3) is 16.5 Å². The number of carbonyl (C=O) groups is 2. The fourth-order valence-corrected chi connectivity index (χ4v) is 3.17. The summed E-state index contributed by atoms with van der Waals surface area (Å²) < 4.78 is 18.1. The van der Waals surface area contributed by atoms with Crippen molar-refractivity contribution in [1.29, 1.82) is 0 Å². The quantitative estimate of drug-likeness (QED) is 0.612. The number of thiophene rings is 1. The molecule has 2 aromatic heterocycles. The van der Waals surface area contributed by atoms with Crippen LogP contribution in [-0.2, 0) is 16.1 Å². The summed E-state index contributed by atoms with van der Waals surface area (Å²) >= 11 is 1.49. The minimum Gasteiger partial charge on any atom is -0.467 e. The summed E-state index contributed by atoms with van der Waals surface area (Å²) in [4.78, 5) is 25.4. The highest BCUT2D eigenvalue weighted by molar-refractivity contribution is 7.16. The predicted octanol–water partition coefficient (Wildman–Crippen LogP) is 3.59. The number of hydrogen-bond acceptors (Lipinski definition) is 4. The molecule has 7 heteroatoms. The van der Waals surface area contributed by atoms with E-state index >= 15 is 0 Å². The molecular formula is C20H17FN2O3S. The maximum Gasteiger partial charge on any atom is 0.244 e. The molecule has 2 amide bonds. The first-order chi connectivity index (χ1) is 13.1. The van der Waals surface area contributed by atoms with Crippen LogP contribution < -0.4 is 10.6 Å². The Hall–Kier alpha value is -3.19. The van der Waals surface area contributed by atoms with Crippen molar-refractivity contribution in [3.05, 3.63) is 77.3 Å². The lowest BCUT2D eigenvalue weighted by Gasteiger charge is -2.03. The molecule has 27 heavy (non-hydrogen) atoms. The number of amides is 2. The third kappa shape index (κ3) is 5.65. The summed E-state index contributed by atoms with van der Waals surface area (Å²) in [6, 6.07) is 13.5. The minimum absolute atomic E-state index is 0.116. The molecule has 3 rings (SSSR count). The zero-order valence-electron chi connectivity index (χ0n) is 14.3. The monoisotopic (exact) mass is 384 g/mol. The largest absolute Gasteiger partial charge is 0.467 e. The molecule has 0 fully saturated rings. The zero-order valence-corrected chi connectivity index (χ0v) is 15.1. The van der Waals surface area contributed by atoms with Crippen molar-refractivity contribution in [2.75, 3.05) is 6.54 Å². The molecule has 0 aliphatic carbocycles. The maximum atomic E-state index is 13.0. The van der Waals surface area contributed by atoms with E-state index in [0.717, 1.165) is 15.3 Å². The van der Waals surface area contributed by atoms with Gasteiger partial charge in [0.25, 0.3) is 0 Å². The van der Waals surface area contributed by atoms with Crippen LogP contribution in [-0.4, -0.2) is 18.4 Å². The Morgan fingerprint density at radius 1 is 1.07 bits per heavy atom. The van der Waals surface area contributed by atoms with Crippen LogP contribution >= 0.6 is 11.3 Å². The van der Waals surface area contributed by atoms with Crippen molar-refractivity contribution in [3.8, 4) is 10.4 Å². The van der Waals surface area contributed by atoms with E-state index in [1.54, 1.807) is 30.3 Å². The molecule has 0 saturated carbocycles. The molecule has 0 unspecified atom stereocenters. The van der Waals surface area contributed by atoms with Gasteiger partial charge in [0.05, 0.1) is 19.4 Å². The Labute approximate surface area is 159 Å². The minimum atomic E-state index is -0.361. The van der Waals surface area contributed by atoms with Gasteiger partial charge in [0.1, 0.15) is 11.6 Å². The lowest BCUT2D eigenvalue weighted by Crippen LogP contribution is -2.35. The van der Waals surface area contributed by atoms with Gasteiger partial charge in [-0.1, -0.05) is 12.1 Å². The summed E-state index contributed by atoms with van der Waals surface area (Å²) in [6.45, 7) is 0.161. The average molecular weight is 384 g/mol. The van der Waals surface area contributed by atoms with E-state index in [1.165, 1.54) is 35.8 Å². The van der Waals surface area contributed by atoms with Gasteiger partial charge >= 0.3 is 0 Å². The topological polar surface area (TPSA) is 71.3 Å². The van der Waals surface area contributed by atoms with Crippen molar-refractivity contribution < 1.29 is 18.4 Å². The van der Waals surface area contributed by atoms with Crippen LogP contribution in [0.3, 0.4) is 0 Å². The first-order valence-electron chi connectivity index (χ1n) is 8.21. The third-order valence-corrected chi connectivity index (χ3v) is 4.72. The molecule has 5 nitrogen and oxygen atoms in total. The van der Waals surface area contributed by atoms with Crippen LogP contribution in [0.4, 0.5) is 4.39 Å². The second-order valence-corrected chi connectivity index (χ2v) is 6.73. The molecule has 2 heterocycles. The number of hydrogen-bond donors (Lipinski definition) is 2. The highest BCUT2D eigenvalue weighted by Crippen LogP contribution is 2.28. The molecule has 0 spiro atoms. The van der Waals surface area contributed by atoms with Crippen molar-refractivity contribution in [1.82, 2.24) is 10.6 Å². The standard InChI is InChI=1S/C20H17FN2O3S/c21-15-5-3-14(4-6-15)18-9-7-17(27-18)8-10-19(24)23-13-20(25)22-12-16-2-1-11-26-16/h1-11H,12-13H2,(H,22,25)(H,23,24)/b10-8+. The van der Waals surface area contributed by atoms with Crippen molar-refractivity contribution in [2.24, 2.45) is 0 Å². The Morgan fingerprint density at radius 3 is 2.63 bits per heavy atom. The Morgan fingerprint density at radius 2 is 1.89 bits per heavy atom. The molecule has 0 radical (unpaired) electrons. The molecule has 0 bridgehead atoms. The average Bonchev–Trinajstić information content (AvgIpc) is 3.35. The molecule has 3 aromatic rings. The molecule has 1 aromatic carbocycles. The SMILES string of the molecule is O=C(/C=C/c1ccc(-c2ccc(F)cc2)s1)NCC(=O)NCc1ccco1. The summed E-state index contributed by atoms with van der Waals surface area (Å²) in [5.74, 6) is -0.299. The van der Waals surface area contributed by atoms with E-state index in [9.17, 15) is 14.0 Å². The van der Waals surface area contributed by atoms with E-state index < -0.39 is 0 Å². The van der Waals surface area contributed by atoms with Gasteiger partial charge in [-0.25, -0.2) is 4.39 Å². The lowest BCUT2D eigenvalue weighted by atomic mass is 10.2. The fourth-order valence-electron chi connectivity index (χ4n) is 2.26. The molecule has 0 saturated heterocycles. The van der Waals surface area contributed by atoms with Gasteiger partial charge in [0.15, 0.2) is 0 Å². The third-order valence-electron chi connectivity index (χ3n) is 3.62. The summed E-state index contributed by atoms with van der Waals surface area (Å²) in [7, 11) is 0. The number of rotatable bonds is 7. The zero-order chi connectivity index (χ0) is 19.1. The lowest BCUT2D eigenvalue weighted by molar-refractivity contribution is -0.124. The normalized spacial score (nSPS) is 10.9. The van der Waals surface area contributed by atoms with Gasteiger partial charge in [0.2, 0.25) is 11.8 Å². The van der Waals surface area contributed by atoms with Crippen molar-refractivity contribution in [2.45, 2.75) is 6.54 Å². The van der Waals surface area contributed by atoms with Gasteiger partial charge in [-0.2, -0.15) is 0 Å². The van der Waals surface area contributed by atoms with Crippen LogP contribution in [0.15, 0.2) is 65.3 Å². The molecular weight excluding hydrogens is 367 g/mol. The van der Waals surface area contributed by atoms with Crippen LogP contribution in [0.5, 0.6) is 0 Å². The first kappa shape index (κ1) is 18.6. The second kappa shape index (κ2) is 8.95. The predicted molar refractivity (Wildman–Crippen MR) is 102 cm³/mol. The molecule has 138 valence electrons. The molecule has 0 aliphatic heterocycles. The maximum absolute atomic E-state index is 13.0. The van der Waals surface area contributed by atoms with Crippen molar-refractivity contribution in [3.63, 3.8) is 0 Å². The molecule has 0 atom stereocenters. The Balaban J connectivity index is 1.45. The number of nitrogens with one attached hydrogen (secondary N) is 2. The van der Waals surface area contributed by atoms with E-state index in [2.05, 4.69) is 10.6 Å². The van der Waals surface area contributed by atoms with Gasteiger partial charge in [0, 0.05) is 15.8 Å². The van der Waals surface area contributed by atoms with E-state index in [0.29, 0.717) is 5.76 Å². The van der Waals surface area contributed by atoms with Gasteiger partial charge in [-0.15, -0.1) is 11.3 Å².